The third kappa shape index (κ3) is 4.77. The van der Waals surface area contributed by atoms with E-state index in [0.717, 1.165) is 6.42 Å². The zero-order valence-corrected chi connectivity index (χ0v) is 14.1. The highest BCUT2D eigenvalue weighted by molar-refractivity contribution is 5.98. The SMILES string of the molecule is CCC(=O)c1ccc(C(=O)N(CCN)CCc2ccccc2)cc1. The molecule has 4 nitrogen and oxygen atoms in total. The van der Waals surface area contributed by atoms with Gasteiger partial charge in [-0.05, 0) is 24.1 Å². The van der Waals surface area contributed by atoms with Crippen molar-refractivity contribution in [2.24, 2.45) is 5.73 Å². The zero-order chi connectivity index (χ0) is 17.4. The van der Waals surface area contributed by atoms with Gasteiger partial charge in [-0.25, -0.2) is 0 Å². The molecular weight excluding hydrogens is 300 g/mol. The summed E-state index contributed by atoms with van der Waals surface area (Å²) in [5.74, 6) is 0.0313. The van der Waals surface area contributed by atoms with Gasteiger partial charge in [-0.1, -0.05) is 49.4 Å². The van der Waals surface area contributed by atoms with Gasteiger partial charge < -0.3 is 10.6 Å². The average molecular weight is 324 g/mol. The third-order valence-corrected chi connectivity index (χ3v) is 3.97. The highest BCUT2D eigenvalue weighted by Gasteiger charge is 2.15. The summed E-state index contributed by atoms with van der Waals surface area (Å²) in [7, 11) is 0. The molecule has 0 aliphatic heterocycles. The summed E-state index contributed by atoms with van der Waals surface area (Å²) in [6, 6.07) is 16.9. The molecule has 0 aliphatic carbocycles. The predicted molar refractivity (Wildman–Crippen MR) is 96.2 cm³/mol. The Kier molecular flexibility index (Phi) is 6.70. The van der Waals surface area contributed by atoms with Crippen molar-refractivity contribution in [3.8, 4) is 0 Å². The molecule has 1 amide bonds. The average Bonchev–Trinajstić information content (AvgIpc) is 2.65. The van der Waals surface area contributed by atoms with E-state index in [9.17, 15) is 9.59 Å². The lowest BCUT2D eigenvalue weighted by molar-refractivity contribution is 0.0761. The van der Waals surface area contributed by atoms with Crippen LogP contribution in [0, 0.1) is 0 Å². The van der Waals surface area contributed by atoms with Crippen LogP contribution in [0.5, 0.6) is 0 Å². The third-order valence-electron chi connectivity index (χ3n) is 3.97. The number of ketones is 1. The molecule has 0 saturated carbocycles. The minimum Gasteiger partial charge on any atom is -0.337 e. The van der Waals surface area contributed by atoms with Gasteiger partial charge in [0.15, 0.2) is 5.78 Å². The maximum atomic E-state index is 12.7. The number of carbonyl (C=O) groups excluding carboxylic acids is 2. The molecule has 2 rings (SSSR count). The fraction of sp³-hybridized carbons (Fsp3) is 0.300. The number of nitrogens with two attached hydrogens (primary N) is 1. The van der Waals surface area contributed by atoms with Gasteiger partial charge in [0, 0.05) is 37.2 Å². The molecule has 0 unspecified atom stereocenters. The Morgan fingerprint density at radius 2 is 1.54 bits per heavy atom. The van der Waals surface area contributed by atoms with Crippen LogP contribution in [0.15, 0.2) is 54.6 Å². The molecule has 0 atom stereocenters. The lowest BCUT2D eigenvalue weighted by atomic mass is 10.1. The van der Waals surface area contributed by atoms with Gasteiger partial charge in [0.1, 0.15) is 0 Å². The summed E-state index contributed by atoms with van der Waals surface area (Å²) < 4.78 is 0. The van der Waals surface area contributed by atoms with Gasteiger partial charge in [-0.15, -0.1) is 0 Å². The van der Waals surface area contributed by atoms with Crippen molar-refractivity contribution in [3.05, 3.63) is 71.3 Å². The Bertz CT molecular complexity index is 666. The number of nitrogens with zero attached hydrogens (tertiary/aromatic N) is 1. The molecule has 2 N–H and O–H groups in total. The molecule has 0 heterocycles. The minimum absolute atomic E-state index is 0.0492. The van der Waals surface area contributed by atoms with Crippen LogP contribution in [0.3, 0.4) is 0 Å². The van der Waals surface area contributed by atoms with E-state index in [1.165, 1.54) is 5.56 Å². The van der Waals surface area contributed by atoms with Crippen LogP contribution in [0.4, 0.5) is 0 Å². The van der Waals surface area contributed by atoms with Crippen LogP contribution >= 0.6 is 0 Å². The fourth-order valence-electron chi connectivity index (χ4n) is 2.56. The molecular formula is C20H24N2O2. The van der Waals surface area contributed by atoms with Crippen LogP contribution in [0.1, 0.15) is 39.6 Å². The van der Waals surface area contributed by atoms with Gasteiger partial charge in [0.05, 0.1) is 0 Å². The highest BCUT2D eigenvalue weighted by Crippen LogP contribution is 2.11. The van der Waals surface area contributed by atoms with E-state index >= 15 is 0 Å². The van der Waals surface area contributed by atoms with E-state index < -0.39 is 0 Å². The zero-order valence-electron chi connectivity index (χ0n) is 14.1. The van der Waals surface area contributed by atoms with Crippen LogP contribution < -0.4 is 5.73 Å². The number of hydrogen-bond donors (Lipinski definition) is 1. The Hall–Kier alpha value is -2.46. The molecule has 0 aromatic heterocycles. The van der Waals surface area contributed by atoms with E-state index in [0.29, 0.717) is 37.2 Å². The first-order valence-corrected chi connectivity index (χ1v) is 8.32. The van der Waals surface area contributed by atoms with E-state index in [1.807, 2.05) is 25.1 Å². The first-order chi connectivity index (χ1) is 11.7. The van der Waals surface area contributed by atoms with Crippen molar-refractivity contribution < 1.29 is 9.59 Å². The molecule has 0 fully saturated rings. The molecule has 2 aromatic rings. The lowest BCUT2D eigenvalue weighted by Crippen LogP contribution is -2.37. The van der Waals surface area contributed by atoms with Gasteiger partial charge in [-0.3, -0.25) is 9.59 Å². The fourth-order valence-corrected chi connectivity index (χ4v) is 2.56. The van der Waals surface area contributed by atoms with Crippen LogP contribution in [-0.2, 0) is 6.42 Å². The van der Waals surface area contributed by atoms with Crippen LogP contribution in [-0.4, -0.2) is 36.2 Å². The first-order valence-electron chi connectivity index (χ1n) is 8.32. The van der Waals surface area contributed by atoms with Crippen molar-refractivity contribution >= 4 is 11.7 Å². The lowest BCUT2D eigenvalue weighted by Gasteiger charge is -2.22. The van der Waals surface area contributed by atoms with Gasteiger partial charge in [-0.2, -0.15) is 0 Å². The molecule has 0 radical (unpaired) electrons. The van der Waals surface area contributed by atoms with Crippen molar-refractivity contribution in [1.29, 1.82) is 0 Å². The molecule has 0 bridgehead atoms. The van der Waals surface area contributed by atoms with Gasteiger partial charge in [0.2, 0.25) is 0 Å². The van der Waals surface area contributed by atoms with E-state index in [2.05, 4.69) is 12.1 Å². The highest BCUT2D eigenvalue weighted by atomic mass is 16.2. The molecule has 2 aromatic carbocycles. The Morgan fingerprint density at radius 3 is 2.12 bits per heavy atom. The predicted octanol–water partition coefficient (Wildman–Crippen LogP) is 2.92. The van der Waals surface area contributed by atoms with Crippen molar-refractivity contribution in [2.45, 2.75) is 19.8 Å². The Balaban J connectivity index is 2.06. The smallest absolute Gasteiger partial charge is 0.253 e. The largest absolute Gasteiger partial charge is 0.337 e. The minimum atomic E-state index is -0.0492. The summed E-state index contributed by atoms with van der Waals surface area (Å²) in [6.07, 6.45) is 1.25. The topological polar surface area (TPSA) is 63.4 Å². The molecule has 0 spiro atoms. The molecule has 4 heteroatoms. The normalized spacial score (nSPS) is 10.4. The summed E-state index contributed by atoms with van der Waals surface area (Å²) in [5, 5.41) is 0. The quantitative estimate of drug-likeness (QED) is 0.759. The Labute approximate surface area is 143 Å². The van der Waals surface area contributed by atoms with Crippen LogP contribution in [0.2, 0.25) is 0 Å². The maximum absolute atomic E-state index is 12.7. The van der Waals surface area contributed by atoms with Gasteiger partial charge >= 0.3 is 0 Å². The Morgan fingerprint density at radius 1 is 0.917 bits per heavy atom. The molecule has 0 saturated heterocycles. The number of Topliss-reactive ketones (excluding diaryl/α,β-unsaturated/α-hetero) is 1. The van der Waals surface area contributed by atoms with E-state index in [4.69, 9.17) is 5.73 Å². The maximum Gasteiger partial charge on any atom is 0.253 e. The molecule has 0 aliphatic rings. The molecule has 126 valence electrons. The number of rotatable bonds is 8. The van der Waals surface area contributed by atoms with Crippen molar-refractivity contribution in [3.63, 3.8) is 0 Å². The summed E-state index contributed by atoms with van der Waals surface area (Å²) in [5.41, 5.74) is 8.08. The monoisotopic (exact) mass is 324 g/mol. The number of benzene rings is 2. The number of carbonyl (C=O) groups is 2. The summed E-state index contributed by atoms with van der Waals surface area (Å²) in [6.45, 7) is 3.39. The summed E-state index contributed by atoms with van der Waals surface area (Å²) in [4.78, 5) is 26.1. The summed E-state index contributed by atoms with van der Waals surface area (Å²) >= 11 is 0. The van der Waals surface area contributed by atoms with E-state index in [1.54, 1.807) is 29.2 Å². The van der Waals surface area contributed by atoms with E-state index in [-0.39, 0.29) is 11.7 Å². The van der Waals surface area contributed by atoms with Gasteiger partial charge in [0.25, 0.3) is 5.91 Å². The van der Waals surface area contributed by atoms with Crippen LogP contribution in [0.25, 0.3) is 0 Å². The van der Waals surface area contributed by atoms with Crippen molar-refractivity contribution in [2.75, 3.05) is 19.6 Å². The second-order valence-corrected chi connectivity index (χ2v) is 5.67. The second-order valence-electron chi connectivity index (χ2n) is 5.67. The number of amides is 1. The number of hydrogen-bond acceptors (Lipinski definition) is 3. The standard InChI is InChI=1S/C20H24N2O2/c1-2-19(23)17-8-10-18(11-9-17)20(24)22(15-13-21)14-12-16-6-4-3-5-7-16/h3-11H,2,12-15,21H2,1H3. The first kappa shape index (κ1) is 17.9. The van der Waals surface area contributed by atoms with Crippen molar-refractivity contribution in [1.82, 2.24) is 4.90 Å². The molecule has 24 heavy (non-hydrogen) atoms. The second kappa shape index (κ2) is 8.99.